The van der Waals surface area contributed by atoms with Crippen molar-refractivity contribution in [1.29, 1.82) is 0 Å². The molecule has 1 saturated heterocycles. The minimum Gasteiger partial charge on any atom is -0.382 e. The average molecular weight is 468 g/mol. The zero-order valence-electron chi connectivity index (χ0n) is 19.3. The number of carbonyl (C=O) groups excluding carboxylic acids is 2. The van der Waals surface area contributed by atoms with E-state index in [1.807, 2.05) is 35.7 Å². The number of benzene rings is 1. The maximum atomic E-state index is 12.5. The normalized spacial score (nSPS) is 15.3. The third kappa shape index (κ3) is 4.01. The molecular weight excluding hydrogens is 442 g/mol. The molecule has 4 heterocycles. The summed E-state index contributed by atoms with van der Waals surface area (Å²) in [6.07, 6.45) is 8.07. The van der Waals surface area contributed by atoms with Crippen LogP contribution in [0, 0.1) is 6.92 Å². The highest BCUT2D eigenvalue weighted by Crippen LogP contribution is 2.37. The summed E-state index contributed by atoms with van der Waals surface area (Å²) in [4.78, 5) is 40.1. The van der Waals surface area contributed by atoms with Crippen LogP contribution < -0.4 is 11.1 Å². The first-order valence-electron chi connectivity index (χ1n) is 11.4. The maximum Gasteiger partial charge on any atom is 0.274 e. The first-order chi connectivity index (χ1) is 17.0. The molecule has 1 aromatic carbocycles. The molecule has 5 rings (SSSR count). The number of amides is 2. The smallest absolute Gasteiger partial charge is 0.274 e. The average Bonchev–Trinajstić information content (AvgIpc) is 3.51. The molecule has 1 aliphatic rings. The van der Waals surface area contributed by atoms with E-state index < -0.39 is 0 Å². The molecule has 0 saturated carbocycles. The van der Waals surface area contributed by atoms with Crippen molar-refractivity contribution < 1.29 is 9.59 Å². The fraction of sp³-hybridized carbons (Fsp3) is 0.192. The molecule has 176 valence electrons. The highest BCUT2D eigenvalue weighted by atomic mass is 16.2. The van der Waals surface area contributed by atoms with Gasteiger partial charge >= 0.3 is 0 Å². The summed E-state index contributed by atoms with van der Waals surface area (Å²) >= 11 is 0. The Bertz CT molecular complexity index is 1450. The Kier molecular flexibility index (Phi) is 5.74. The van der Waals surface area contributed by atoms with E-state index >= 15 is 0 Å². The van der Waals surface area contributed by atoms with Gasteiger partial charge in [0.1, 0.15) is 28.5 Å². The monoisotopic (exact) mass is 467 g/mol. The highest BCUT2D eigenvalue weighted by molar-refractivity contribution is 6.03. The summed E-state index contributed by atoms with van der Waals surface area (Å²) in [6.45, 7) is 6.21. The van der Waals surface area contributed by atoms with Gasteiger partial charge in [-0.3, -0.25) is 19.0 Å². The standard InChI is InChI=1S/C26H25N7O2/c1-3-21(34)32-13-6-8-20(32)25-31-22(23-24(27)29-12-14-33(23)25)17-9-10-18(16(2)15-17)30-26(35)19-7-4-5-11-28-19/h3-5,7,9-12,14-15,20H,1,6,8,13H2,2H3,(H2,27,29)(H,30,35)/t20-/m0/s1. The Morgan fingerprint density at radius 3 is 2.80 bits per heavy atom. The number of carbonyl (C=O) groups is 2. The van der Waals surface area contributed by atoms with Crippen molar-refractivity contribution in [2.45, 2.75) is 25.8 Å². The summed E-state index contributed by atoms with van der Waals surface area (Å²) in [5, 5.41) is 2.91. The molecule has 4 aromatic rings. The van der Waals surface area contributed by atoms with Crippen molar-refractivity contribution in [2.24, 2.45) is 0 Å². The van der Waals surface area contributed by atoms with Crippen LogP contribution in [-0.2, 0) is 4.79 Å². The number of fused-ring (bicyclic) bond motifs is 1. The molecular formula is C26H25N7O2. The summed E-state index contributed by atoms with van der Waals surface area (Å²) in [6, 6.07) is 10.7. The van der Waals surface area contributed by atoms with Crippen LogP contribution in [0.5, 0.6) is 0 Å². The van der Waals surface area contributed by atoms with Crippen LogP contribution in [0.3, 0.4) is 0 Å². The van der Waals surface area contributed by atoms with E-state index in [-0.39, 0.29) is 17.9 Å². The van der Waals surface area contributed by atoms with E-state index in [2.05, 4.69) is 21.9 Å². The van der Waals surface area contributed by atoms with Gasteiger partial charge in [0.25, 0.3) is 5.91 Å². The summed E-state index contributed by atoms with van der Waals surface area (Å²) in [7, 11) is 0. The van der Waals surface area contributed by atoms with Crippen molar-refractivity contribution in [3.05, 3.63) is 84.7 Å². The van der Waals surface area contributed by atoms with E-state index in [9.17, 15) is 9.59 Å². The summed E-state index contributed by atoms with van der Waals surface area (Å²) in [5.41, 5.74) is 10.4. The van der Waals surface area contributed by atoms with Gasteiger partial charge in [0.05, 0.1) is 6.04 Å². The van der Waals surface area contributed by atoms with Crippen LogP contribution in [0.4, 0.5) is 11.5 Å². The summed E-state index contributed by atoms with van der Waals surface area (Å²) in [5.74, 6) is 0.697. The third-order valence-corrected chi connectivity index (χ3v) is 6.26. The zero-order valence-corrected chi connectivity index (χ0v) is 19.3. The van der Waals surface area contributed by atoms with Gasteiger partial charge in [-0.2, -0.15) is 0 Å². The molecule has 0 radical (unpaired) electrons. The molecule has 2 amide bonds. The fourth-order valence-corrected chi connectivity index (χ4v) is 4.57. The number of hydrogen-bond acceptors (Lipinski definition) is 6. The van der Waals surface area contributed by atoms with Gasteiger partial charge in [0.2, 0.25) is 5.91 Å². The minimum absolute atomic E-state index is 0.114. The largest absolute Gasteiger partial charge is 0.382 e. The van der Waals surface area contributed by atoms with Gasteiger partial charge in [-0.25, -0.2) is 9.97 Å². The van der Waals surface area contributed by atoms with E-state index in [1.54, 1.807) is 35.5 Å². The van der Waals surface area contributed by atoms with E-state index in [0.717, 1.165) is 29.8 Å². The van der Waals surface area contributed by atoms with E-state index in [0.29, 0.717) is 35.0 Å². The Labute approximate surface area is 202 Å². The van der Waals surface area contributed by atoms with Gasteiger partial charge < -0.3 is 16.0 Å². The lowest BCUT2D eigenvalue weighted by atomic mass is 10.1. The van der Waals surface area contributed by atoms with Gasteiger partial charge in [-0.1, -0.05) is 18.7 Å². The molecule has 1 fully saturated rings. The summed E-state index contributed by atoms with van der Waals surface area (Å²) < 4.78 is 1.92. The molecule has 0 aliphatic carbocycles. The van der Waals surface area contributed by atoms with Crippen LogP contribution in [0.25, 0.3) is 16.8 Å². The number of nitrogen functional groups attached to an aromatic ring is 1. The molecule has 9 nitrogen and oxygen atoms in total. The van der Waals surface area contributed by atoms with Gasteiger partial charge in [-0.15, -0.1) is 0 Å². The predicted octanol–water partition coefficient (Wildman–Crippen LogP) is 3.78. The number of aryl methyl sites for hydroxylation is 1. The first kappa shape index (κ1) is 22.3. The fourth-order valence-electron chi connectivity index (χ4n) is 4.57. The SMILES string of the molecule is C=CC(=O)N1CCC[C@H]1c1nc(-c2ccc(NC(=O)c3ccccn3)c(C)c2)c2c(N)nccn12. The molecule has 35 heavy (non-hydrogen) atoms. The Morgan fingerprint density at radius 2 is 2.06 bits per heavy atom. The van der Waals surface area contributed by atoms with Crippen LogP contribution in [0.15, 0.2) is 67.6 Å². The lowest BCUT2D eigenvalue weighted by molar-refractivity contribution is -0.127. The second-order valence-electron chi connectivity index (χ2n) is 8.44. The van der Waals surface area contributed by atoms with Crippen molar-refractivity contribution >= 4 is 28.8 Å². The molecule has 0 bridgehead atoms. The third-order valence-electron chi connectivity index (χ3n) is 6.26. The minimum atomic E-state index is -0.280. The number of imidazole rings is 1. The molecule has 0 spiro atoms. The molecule has 3 aromatic heterocycles. The predicted molar refractivity (Wildman–Crippen MR) is 134 cm³/mol. The van der Waals surface area contributed by atoms with E-state index in [4.69, 9.17) is 10.7 Å². The van der Waals surface area contributed by atoms with Gasteiger partial charge in [-0.05, 0) is 55.7 Å². The molecule has 1 aliphatic heterocycles. The highest BCUT2D eigenvalue weighted by Gasteiger charge is 2.33. The molecule has 0 unspecified atom stereocenters. The number of hydrogen-bond donors (Lipinski definition) is 2. The maximum absolute atomic E-state index is 12.5. The van der Waals surface area contributed by atoms with Gasteiger partial charge in [0, 0.05) is 36.4 Å². The number of nitrogens with two attached hydrogens (primary N) is 1. The lowest BCUT2D eigenvalue weighted by Gasteiger charge is -2.22. The molecule has 9 heteroatoms. The van der Waals surface area contributed by atoms with Crippen LogP contribution in [0.2, 0.25) is 0 Å². The number of anilines is 2. The topological polar surface area (TPSA) is 119 Å². The Hall–Kier alpha value is -4.53. The van der Waals surface area contributed by atoms with E-state index in [1.165, 1.54) is 6.08 Å². The van der Waals surface area contributed by atoms with Crippen molar-refractivity contribution in [1.82, 2.24) is 24.3 Å². The van der Waals surface area contributed by atoms with Crippen LogP contribution in [-0.4, -0.2) is 42.6 Å². The second-order valence-corrected chi connectivity index (χ2v) is 8.44. The zero-order chi connectivity index (χ0) is 24.5. The van der Waals surface area contributed by atoms with Crippen LogP contribution >= 0.6 is 0 Å². The number of pyridine rings is 1. The van der Waals surface area contributed by atoms with Gasteiger partial charge in [0.15, 0.2) is 0 Å². The second kappa shape index (κ2) is 9.02. The number of rotatable bonds is 5. The van der Waals surface area contributed by atoms with Crippen molar-refractivity contribution in [2.75, 3.05) is 17.6 Å². The molecule has 1 atom stereocenters. The number of nitrogens with one attached hydrogen (secondary N) is 1. The number of likely N-dealkylation sites (tertiary alicyclic amines) is 1. The Morgan fingerprint density at radius 1 is 1.20 bits per heavy atom. The lowest BCUT2D eigenvalue weighted by Crippen LogP contribution is -2.29. The number of nitrogens with zero attached hydrogens (tertiary/aromatic N) is 5. The van der Waals surface area contributed by atoms with Crippen LogP contribution in [0.1, 0.15) is 40.8 Å². The Balaban J connectivity index is 1.54. The number of aromatic nitrogens is 4. The molecule has 3 N–H and O–H groups in total. The van der Waals surface area contributed by atoms with Crippen molar-refractivity contribution in [3.63, 3.8) is 0 Å². The van der Waals surface area contributed by atoms with Crippen molar-refractivity contribution in [3.8, 4) is 11.3 Å². The quantitative estimate of drug-likeness (QED) is 0.431. The first-order valence-corrected chi connectivity index (χ1v) is 11.4.